The Balaban J connectivity index is 1.76. The van der Waals surface area contributed by atoms with Gasteiger partial charge in [0.1, 0.15) is 0 Å². The van der Waals surface area contributed by atoms with Gasteiger partial charge in [0.15, 0.2) is 0 Å². The number of nitro benzene ring substituents is 1. The molecule has 3 aromatic carbocycles. The van der Waals surface area contributed by atoms with E-state index in [-0.39, 0.29) is 27.7 Å². The van der Waals surface area contributed by atoms with Crippen molar-refractivity contribution in [1.82, 2.24) is 4.90 Å². The van der Waals surface area contributed by atoms with Gasteiger partial charge in [0.25, 0.3) is 5.69 Å². The number of likely N-dealkylation sites (tertiary alicyclic amines) is 1. The van der Waals surface area contributed by atoms with Crippen LogP contribution in [0, 0.1) is 10.1 Å². The summed E-state index contributed by atoms with van der Waals surface area (Å²) in [5.74, 6) is 0. The molecule has 1 aliphatic rings. The second-order valence-corrected chi connectivity index (χ2v) is 9.17. The van der Waals surface area contributed by atoms with E-state index < -0.39 is 0 Å². The van der Waals surface area contributed by atoms with Crippen LogP contribution in [0.3, 0.4) is 0 Å². The molecule has 1 heterocycles. The van der Waals surface area contributed by atoms with E-state index in [0.717, 1.165) is 18.5 Å². The van der Waals surface area contributed by atoms with Crippen molar-refractivity contribution in [3.8, 4) is 0 Å². The first-order valence-corrected chi connectivity index (χ1v) is 11.0. The first-order chi connectivity index (χ1) is 15.4. The molecule has 5 nitrogen and oxygen atoms in total. The number of nitrogens with zero attached hydrogens (tertiary/aromatic N) is 2. The zero-order valence-corrected chi connectivity index (χ0v) is 18.9. The van der Waals surface area contributed by atoms with Crippen molar-refractivity contribution in [2.24, 2.45) is 0 Å². The molecule has 1 fully saturated rings. The monoisotopic (exact) mass is 430 g/mol. The summed E-state index contributed by atoms with van der Waals surface area (Å²) in [6.07, 6.45) is 0.925. The highest BCUT2D eigenvalue weighted by Crippen LogP contribution is 2.47. The number of methoxy groups -OCH3 is 1. The highest BCUT2D eigenvalue weighted by atomic mass is 16.6. The molecule has 0 saturated carbocycles. The van der Waals surface area contributed by atoms with Crippen LogP contribution in [-0.2, 0) is 16.7 Å². The van der Waals surface area contributed by atoms with Crippen molar-refractivity contribution in [2.75, 3.05) is 13.7 Å². The van der Waals surface area contributed by atoms with Gasteiger partial charge in [0.2, 0.25) is 0 Å². The van der Waals surface area contributed by atoms with E-state index in [2.05, 4.69) is 79.4 Å². The Morgan fingerprint density at radius 1 is 0.969 bits per heavy atom. The molecule has 0 radical (unpaired) electrons. The number of benzene rings is 3. The number of non-ortho nitro benzene ring substituents is 1. The standard InChI is InChI=1S/C27H30N2O3/c1-26(2,32-3)25-18-27(22-10-6-4-7-11-22,23-12-8-5-9-13-23)20-28(25)19-21-14-16-24(17-15-21)29(30)31/h4-17,25H,18-20H2,1-3H3. The van der Waals surface area contributed by atoms with E-state index >= 15 is 0 Å². The maximum atomic E-state index is 11.1. The number of ether oxygens (including phenoxy) is 1. The van der Waals surface area contributed by atoms with E-state index in [1.54, 1.807) is 19.2 Å². The summed E-state index contributed by atoms with van der Waals surface area (Å²) in [5, 5.41) is 11.1. The third-order valence-corrected chi connectivity index (χ3v) is 6.97. The average molecular weight is 431 g/mol. The van der Waals surface area contributed by atoms with Crippen molar-refractivity contribution in [2.45, 2.75) is 43.9 Å². The lowest BCUT2D eigenvalue weighted by Crippen LogP contribution is -2.46. The average Bonchev–Trinajstić information content (AvgIpc) is 3.22. The Kier molecular flexibility index (Phi) is 6.13. The Bertz CT molecular complexity index is 1010. The maximum Gasteiger partial charge on any atom is 0.269 e. The van der Waals surface area contributed by atoms with Crippen LogP contribution in [0.2, 0.25) is 0 Å². The number of hydrogen-bond donors (Lipinski definition) is 0. The Morgan fingerprint density at radius 3 is 1.97 bits per heavy atom. The predicted octanol–water partition coefficient (Wildman–Crippen LogP) is 5.58. The molecule has 0 bridgehead atoms. The second-order valence-electron chi connectivity index (χ2n) is 9.17. The van der Waals surface area contributed by atoms with Crippen LogP contribution in [0.1, 0.15) is 37.0 Å². The predicted molar refractivity (Wildman–Crippen MR) is 127 cm³/mol. The molecule has 5 heteroatoms. The van der Waals surface area contributed by atoms with Crippen molar-refractivity contribution in [3.05, 3.63) is 112 Å². The minimum atomic E-state index is -0.355. The molecular formula is C27H30N2O3. The van der Waals surface area contributed by atoms with Gasteiger partial charge in [-0.1, -0.05) is 72.8 Å². The topological polar surface area (TPSA) is 55.6 Å². The summed E-state index contributed by atoms with van der Waals surface area (Å²) in [5.41, 5.74) is 3.26. The molecule has 0 spiro atoms. The van der Waals surface area contributed by atoms with Crippen molar-refractivity contribution in [1.29, 1.82) is 0 Å². The number of rotatable bonds is 7. The largest absolute Gasteiger partial charge is 0.377 e. The van der Waals surface area contributed by atoms with E-state index in [4.69, 9.17) is 4.74 Å². The molecule has 0 aliphatic carbocycles. The normalized spacial score (nSPS) is 18.5. The maximum absolute atomic E-state index is 11.1. The highest BCUT2D eigenvalue weighted by Gasteiger charge is 2.51. The van der Waals surface area contributed by atoms with Crippen LogP contribution in [-0.4, -0.2) is 35.1 Å². The molecule has 0 amide bonds. The van der Waals surface area contributed by atoms with E-state index in [9.17, 15) is 10.1 Å². The second kappa shape index (κ2) is 8.85. The molecule has 1 aliphatic heterocycles. The minimum absolute atomic E-state index is 0.117. The summed E-state index contributed by atoms with van der Waals surface area (Å²) in [6.45, 7) is 5.84. The van der Waals surface area contributed by atoms with Gasteiger partial charge in [-0.3, -0.25) is 15.0 Å². The lowest BCUT2D eigenvalue weighted by Gasteiger charge is -2.36. The fourth-order valence-electron chi connectivity index (χ4n) is 5.03. The van der Waals surface area contributed by atoms with Gasteiger partial charge in [0, 0.05) is 43.8 Å². The molecule has 4 rings (SSSR count). The van der Waals surface area contributed by atoms with Gasteiger partial charge >= 0.3 is 0 Å². The van der Waals surface area contributed by atoms with Gasteiger partial charge in [-0.05, 0) is 37.0 Å². The quantitative estimate of drug-likeness (QED) is 0.363. The van der Waals surface area contributed by atoms with Crippen LogP contribution in [0.5, 0.6) is 0 Å². The number of nitro groups is 1. The van der Waals surface area contributed by atoms with Crippen molar-refractivity contribution >= 4 is 5.69 Å². The molecular weight excluding hydrogens is 400 g/mol. The SMILES string of the molecule is COC(C)(C)C1CC(c2ccccc2)(c2ccccc2)CN1Cc1ccc([N+](=O)[O-])cc1. The fourth-order valence-corrected chi connectivity index (χ4v) is 5.03. The summed E-state index contributed by atoms with van der Waals surface area (Å²) in [7, 11) is 1.77. The highest BCUT2D eigenvalue weighted by molar-refractivity contribution is 5.42. The zero-order chi connectivity index (χ0) is 22.8. The van der Waals surface area contributed by atoms with Crippen LogP contribution >= 0.6 is 0 Å². The van der Waals surface area contributed by atoms with Crippen molar-refractivity contribution < 1.29 is 9.66 Å². The van der Waals surface area contributed by atoms with Crippen LogP contribution in [0.25, 0.3) is 0 Å². The van der Waals surface area contributed by atoms with E-state index in [0.29, 0.717) is 6.54 Å². The molecule has 1 atom stereocenters. The summed E-state index contributed by atoms with van der Waals surface area (Å²) < 4.78 is 5.97. The summed E-state index contributed by atoms with van der Waals surface area (Å²) in [6, 6.07) is 28.5. The Morgan fingerprint density at radius 2 is 1.50 bits per heavy atom. The van der Waals surface area contributed by atoms with Crippen LogP contribution in [0.4, 0.5) is 5.69 Å². The zero-order valence-electron chi connectivity index (χ0n) is 18.9. The Labute approximate surface area is 189 Å². The molecule has 166 valence electrons. The van der Waals surface area contributed by atoms with Gasteiger partial charge in [-0.15, -0.1) is 0 Å². The van der Waals surface area contributed by atoms with E-state index in [1.165, 1.54) is 11.1 Å². The molecule has 1 unspecified atom stereocenters. The lowest BCUT2D eigenvalue weighted by molar-refractivity contribution is -0.384. The fraction of sp³-hybridized carbons (Fsp3) is 0.333. The minimum Gasteiger partial charge on any atom is -0.377 e. The molecule has 3 aromatic rings. The first kappa shape index (κ1) is 22.2. The lowest BCUT2D eigenvalue weighted by atomic mass is 9.71. The van der Waals surface area contributed by atoms with Crippen molar-refractivity contribution in [3.63, 3.8) is 0 Å². The van der Waals surface area contributed by atoms with Crippen LogP contribution < -0.4 is 0 Å². The number of hydrogen-bond acceptors (Lipinski definition) is 4. The Hall–Kier alpha value is -3.02. The summed E-state index contributed by atoms with van der Waals surface area (Å²) in [4.78, 5) is 13.2. The molecule has 0 aromatic heterocycles. The molecule has 1 saturated heterocycles. The smallest absolute Gasteiger partial charge is 0.269 e. The van der Waals surface area contributed by atoms with Gasteiger partial charge in [0.05, 0.1) is 10.5 Å². The third kappa shape index (κ3) is 4.18. The first-order valence-electron chi connectivity index (χ1n) is 11.0. The molecule has 32 heavy (non-hydrogen) atoms. The third-order valence-electron chi connectivity index (χ3n) is 6.97. The van der Waals surface area contributed by atoms with Crippen LogP contribution in [0.15, 0.2) is 84.9 Å². The van der Waals surface area contributed by atoms with Gasteiger partial charge in [-0.25, -0.2) is 0 Å². The molecule has 0 N–H and O–H groups in total. The van der Waals surface area contributed by atoms with Gasteiger partial charge < -0.3 is 4.74 Å². The summed E-state index contributed by atoms with van der Waals surface area (Å²) >= 11 is 0. The van der Waals surface area contributed by atoms with E-state index in [1.807, 2.05) is 12.1 Å². The van der Waals surface area contributed by atoms with Gasteiger partial charge in [-0.2, -0.15) is 0 Å².